The van der Waals surface area contributed by atoms with Crippen LogP contribution in [0.15, 0.2) is 36.4 Å². The van der Waals surface area contributed by atoms with Gasteiger partial charge in [0.25, 0.3) is 5.91 Å². The van der Waals surface area contributed by atoms with Crippen LogP contribution in [0, 0.1) is 11.6 Å². The summed E-state index contributed by atoms with van der Waals surface area (Å²) in [7, 11) is 0. The van der Waals surface area contributed by atoms with Crippen molar-refractivity contribution in [1.82, 2.24) is 0 Å². The van der Waals surface area contributed by atoms with Crippen LogP contribution in [0.5, 0.6) is 0 Å². The van der Waals surface area contributed by atoms with E-state index in [2.05, 4.69) is 5.32 Å². The summed E-state index contributed by atoms with van der Waals surface area (Å²) < 4.78 is 26.9. The molecule has 2 rings (SSSR count). The van der Waals surface area contributed by atoms with Crippen LogP contribution in [-0.4, -0.2) is 5.91 Å². The van der Waals surface area contributed by atoms with E-state index in [-0.39, 0.29) is 11.3 Å². The minimum absolute atomic E-state index is 0.00940. The molecule has 2 aromatic carbocycles. The Labute approximate surface area is 119 Å². The monoisotopic (exact) mass is 296 g/mol. The average Bonchev–Trinajstić information content (AvgIpc) is 2.39. The van der Waals surface area contributed by atoms with E-state index in [1.165, 1.54) is 0 Å². The molecule has 0 fully saturated rings. The minimum atomic E-state index is -0.980. The highest BCUT2D eigenvalue weighted by Gasteiger charge is 2.13. The third-order valence-corrected chi connectivity index (χ3v) is 2.97. The second-order valence-corrected chi connectivity index (χ2v) is 4.59. The fraction of sp³-hybridized carbons (Fsp3) is 0.0714. The molecule has 0 aromatic heterocycles. The molecule has 0 heterocycles. The summed E-state index contributed by atoms with van der Waals surface area (Å²) >= 11 is 5.75. The molecule has 6 heteroatoms. The molecular weight excluding hydrogens is 286 g/mol. The van der Waals surface area contributed by atoms with Crippen LogP contribution in [0.25, 0.3) is 0 Å². The molecule has 3 N–H and O–H groups in total. The van der Waals surface area contributed by atoms with E-state index in [9.17, 15) is 13.6 Å². The maximum atomic E-state index is 13.6. The Kier molecular flexibility index (Phi) is 4.20. The molecule has 0 aliphatic rings. The van der Waals surface area contributed by atoms with Gasteiger partial charge in [-0.1, -0.05) is 23.7 Å². The lowest BCUT2D eigenvalue weighted by molar-refractivity contribution is 0.0996. The zero-order valence-corrected chi connectivity index (χ0v) is 11.0. The molecule has 0 saturated heterocycles. The van der Waals surface area contributed by atoms with Crippen LogP contribution in [0.2, 0.25) is 5.02 Å². The standard InChI is InChI=1S/C14H11ClF2N2O/c15-9-3-1-8(2-4-9)7-19-13-5-10(14(18)20)11(16)6-12(13)17/h1-6,19H,7H2,(H2,18,20). The van der Waals surface area contributed by atoms with Crippen molar-refractivity contribution >= 4 is 23.2 Å². The highest BCUT2D eigenvalue weighted by molar-refractivity contribution is 6.30. The third kappa shape index (κ3) is 3.24. The smallest absolute Gasteiger partial charge is 0.251 e. The maximum absolute atomic E-state index is 13.6. The van der Waals surface area contributed by atoms with Crippen molar-refractivity contribution in [2.45, 2.75) is 6.54 Å². The van der Waals surface area contributed by atoms with Crippen LogP contribution in [-0.2, 0) is 6.54 Å². The van der Waals surface area contributed by atoms with Gasteiger partial charge < -0.3 is 11.1 Å². The van der Waals surface area contributed by atoms with Crippen LogP contribution in [0.4, 0.5) is 14.5 Å². The number of hydrogen-bond donors (Lipinski definition) is 2. The van der Waals surface area contributed by atoms with Gasteiger partial charge in [0, 0.05) is 17.6 Å². The summed E-state index contributed by atoms with van der Waals surface area (Å²) in [6.07, 6.45) is 0. The van der Waals surface area contributed by atoms with Gasteiger partial charge in [-0.2, -0.15) is 0 Å². The first kappa shape index (κ1) is 14.3. The van der Waals surface area contributed by atoms with Gasteiger partial charge in [-0.15, -0.1) is 0 Å². The summed E-state index contributed by atoms with van der Waals surface area (Å²) in [4.78, 5) is 11.0. The van der Waals surface area contributed by atoms with Crippen molar-refractivity contribution in [3.63, 3.8) is 0 Å². The van der Waals surface area contributed by atoms with Crippen LogP contribution in [0.1, 0.15) is 15.9 Å². The number of halogens is 3. The zero-order valence-electron chi connectivity index (χ0n) is 10.3. The highest BCUT2D eigenvalue weighted by atomic mass is 35.5. The van der Waals surface area contributed by atoms with Crippen molar-refractivity contribution in [2.75, 3.05) is 5.32 Å². The van der Waals surface area contributed by atoms with Gasteiger partial charge in [-0.3, -0.25) is 4.79 Å². The number of nitrogens with two attached hydrogens (primary N) is 1. The molecule has 0 spiro atoms. The number of carbonyl (C=O) groups is 1. The molecular formula is C14H11ClF2N2O. The summed E-state index contributed by atoms with van der Waals surface area (Å²) in [5.41, 5.74) is 5.53. The molecule has 0 bridgehead atoms. The largest absolute Gasteiger partial charge is 0.379 e. The number of nitrogens with one attached hydrogen (secondary N) is 1. The van der Waals surface area contributed by atoms with Crippen molar-refractivity contribution in [3.05, 3.63) is 64.2 Å². The number of benzene rings is 2. The SMILES string of the molecule is NC(=O)c1cc(NCc2ccc(Cl)cc2)c(F)cc1F. The topological polar surface area (TPSA) is 55.1 Å². The first-order chi connectivity index (χ1) is 9.47. The summed E-state index contributed by atoms with van der Waals surface area (Å²) in [5, 5.41) is 3.37. The molecule has 0 aliphatic heterocycles. The fourth-order valence-electron chi connectivity index (χ4n) is 1.67. The van der Waals surface area contributed by atoms with Gasteiger partial charge in [0.15, 0.2) is 0 Å². The molecule has 2 aromatic rings. The molecule has 0 saturated carbocycles. The second kappa shape index (κ2) is 5.88. The Morgan fingerprint density at radius 3 is 2.40 bits per heavy atom. The molecule has 0 aliphatic carbocycles. The first-order valence-corrected chi connectivity index (χ1v) is 6.12. The van der Waals surface area contributed by atoms with E-state index in [0.29, 0.717) is 17.6 Å². The Morgan fingerprint density at radius 2 is 1.80 bits per heavy atom. The number of primary amides is 1. The van der Waals surface area contributed by atoms with Gasteiger partial charge in [0.05, 0.1) is 11.3 Å². The summed E-state index contributed by atoms with van der Waals surface area (Å²) in [5.74, 6) is -2.72. The first-order valence-electron chi connectivity index (χ1n) is 5.74. The quantitative estimate of drug-likeness (QED) is 0.909. The molecule has 3 nitrogen and oxygen atoms in total. The number of hydrogen-bond acceptors (Lipinski definition) is 2. The van der Waals surface area contributed by atoms with E-state index >= 15 is 0 Å². The van der Waals surface area contributed by atoms with Gasteiger partial charge in [0.1, 0.15) is 11.6 Å². The van der Waals surface area contributed by atoms with E-state index in [0.717, 1.165) is 11.6 Å². The van der Waals surface area contributed by atoms with E-state index < -0.39 is 17.5 Å². The van der Waals surface area contributed by atoms with Gasteiger partial charge in [0.2, 0.25) is 0 Å². The molecule has 0 unspecified atom stereocenters. The van der Waals surface area contributed by atoms with E-state index in [1.54, 1.807) is 24.3 Å². The molecule has 104 valence electrons. The van der Waals surface area contributed by atoms with Crippen LogP contribution >= 0.6 is 11.6 Å². The van der Waals surface area contributed by atoms with Crippen molar-refractivity contribution < 1.29 is 13.6 Å². The predicted molar refractivity (Wildman–Crippen MR) is 73.7 cm³/mol. The maximum Gasteiger partial charge on any atom is 0.251 e. The van der Waals surface area contributed by atoms with E-state index in [1.807, 2.05) is 0 Å². The average molecular weight is 297 g/mol. The van der Waals surface area contributed by atoms with Crippen LogP contribution in [0.3, 0.4) is 0 Å². The number of amides is 1. The van der Waals surface area contributed by atoms with Crippen molar-refractivity contribution in [3.8, 4) is 0 Å². The number of rotatable bonds is 4. The normalized spacial score (nSPS) is 10.3. The zero-order chi connectivity index (χ0) is 14.7. The van der Waals surface area contributed by atoms with Gasteiger partial charge in [-0.05, 0) is 23.8 Å². The summed E-state index contributed by atoms with van der Waals surface area (Å²) in [6, 6.07) is 8.63. The number of anilines is 1. The molecule has 20 heavy (non-hydrogen) atoms. The molecule has 0 radical (unpaired) electrons. The Bertz CT molecular complexity index is 644. The fourth-order valence-corrected chi connectivity index (χ4v) is 1.80. The lowest BCUT2D eigenvalue weighted by Gasteiger charge is -2.09. The Hall–Kier alpha value is -2.14. The van der Waals surface area contributed by atoms with Crippen LogP contribution < -0.4 is 11.1 Å². The van der Waals surface area contributed by atoms with Crippen molar-refractivity contribution in [2.24, 2.45) is 5.73 Å². The second-order valence-electron chi connectivity index (χ2n) is 4.16. The minimum Gasteiger partial charge on any atom is -0.379 e. The van der Waals surface area contributed by atoms with E-state index in [4.69, 9.17) is 17.3 Å². The Balaban J connectivity index is 2.18. The van der Waals surface area contributed by atoms with Gasteiger partial charge >= 0.3 is 0 Å². The van der Waals surface area contributed by atoms with Gasteiger partial charge in [-0.25, -0.2) is 8.78 Å². The third-order valence-electron chi connectivity index (χ3n) is 2.72. The summed E-state index contributed by atoms with van der Waals surface area (Å²) in [6.45, 7) is 0.303. The Morgan fingerprint density at radius 1 is 1.15 bits per heavy atom. The molecule has 1 amide bonds. The van der Waals surface area contributed by atoms with Crippen molar-refractivity contribution in [1.29, 1.82) is 0 Å². The lowest BCUT2D eigenvalue weighted by Crippen LogP contribution is -2.14. The lowest BCUT2D eigenvalue weighted by atomic mass is 10.1. The molecule has 0 atom stereocenters. The number of carbonyl (C=O) groups excluding carboxylic acids is 1. The predicted octanol–water partition coefficient (Wildman–Crippen LogP) is 3.33. The highest BCUT2D eigenvalue weighted by Crippen LogP contribution is 2.20.